The number of alkyl halides is 2. The lowest BCUT2D eigenvalue weighted by Crippen LogP contribution is -2.36. The molecule has 0 aliphatic heterocycles. The summed E-state index contributed by atoms with van der Waals surface area (Å²) in [7, 11) is 1.65. The monoisotopic (exact) mass is 530 g/mol. The van der Waals surface area contributed by atoms with Crippen LogP contribution >= 0.6 is 35.3 Å². The molecule has 3 rings (SSSR count). The molecule has 154 valence electrons. The number of guanidine groups is 1. The molecule has 9 heteroatoms. The van der Waals surface area contributed by atoms with Crippen LogP contribution in [0.1, 0.15) is 11.3 Å². The van der Waals surface area contributed by atoms with Gasteiger partial charge < -0.3 is 15.4 Å². The van der Waals surface area contributed by atoms with Gasteiger partial charge in [-0.05, 0) is 6.07 Å². The smallest absolute Gasteiger partial charge is 0.387 e. The molecule has 0 aliphatic carbocycles. The van der Waals surface area contributed by atoms with Gasteiger partial charge in [-0.2, -0.15) is 8.78 Å². The first-order valence-electron chi connectivity index (χ1n) is 8.63. The van der Waals surface area contributed by atoms with E-state index >= 15 is 0 Å². The van der Waals surface area contributed by atoms with E-state index in [2.05, 4.69) is 25.3 Å². The number of nitrogens with zero attached hydrogens (tertiary/aromatic N) is 2. The molecule has 0 saturated carbocycles. The highest BCUT2D eigenvalue weighted by atomic mass is 127. The number of benzene rings is 2. The maximum atomic E-state index is 12.5. The third kappa shape index (κ3) is 6.93. The lowest BCUT2D eigenvalue weighted by Gasteiger charge is -2.14. The molecule has 1 aromatic heterocycles. The zero-order valence-corrected chi connectivity index (χ0v) is 18.8. The van der Waals surface area contributed by atoms with Crippen molar-refractivity contribution in [1.29, 1.82) is 0 Å². The van der Waals surface area contributed by atoms with Crippen molar-refractivity contribution < 1.29 is 13.5 Å². The first-order valence-corrected chi connectivity index (χ1v) is 9.50. The summed E-state index contributed by atoms with van der Waals surface area (Å²) < 4.78 is 29.6. The van der Waals surface area contributed by atoms with Gasteiger partial charge in [-0.1, -0.05) is 48.5 Å². The predicted molar refractivity (Wildman–Crippen MR) is 123 cm³/mol. The van der Waals surface area contributed by atoms with E-state index in [1.165, 1.54) is 6.07 Å². The third-order valence-electron chi connectivity index (χ3n) is 3.87. The van der Waals surface area contributed by atoms with Crippen molar-refractivity contribution in [2.24, 2.45) is 4.99 Å². The van der Waals surface area contributed by atoms with Gasteiger partial charge in [0.05, 0.1) is 12.2 Å². The number of aliphatic imine (C=N–C) groups is 1. The molecule has 29 heavy (non-hydrogen) atoms. The minimum atomic E-state index is -2.86. The summed E-state index contributed by atoms with van der Waals surface area (Å²) in [5.41, 5.74) is 2.59. The van der Waals surface area contributed by atoms with Crippen molar-refractivity contribution in [2.45, 2.75) is 19.7 Å². The van der Waals surface area contributed by atoms with Crippen molar-refractivity contribution in [1.82, 2.24) is 15.6 Å². The third-order valence-corrected chi connectivity index (χ3v) is 4.81. The van der Waals surface area contributed by atoms with Crippen molar-refractivity contribution in [3.8, 4) is 16.3 Å². The molecule has 1 heterocycles. The minimum absolute atomic E-state index is 0. The second kappa shape index (κ2) is 11.7. The maximum Gasteiger partial charge on any atom is 0.387 e. The Balaban J connectivity index is 0.00000300. The topological polar surface area (TPSA) is 58.5 Å². The predicted octanol–water partition coefficient (Wildman–Crippen LogP) is 4.89. The van der Waals surface area contributed by atoms with Gasteiger partial charge in [0.15, 0.2) is 5.96 Å². The quantitative estimate of drug-likeness (QED) is 0.260. The van der Waals surface area contributed by atoms with Crippen LogP contribution in [0.15, 0.2) is 65.0 Å². The van der Waals surface area contributed by atoms with Gasteiger partial charge >= 0.3 is 6.61 Å². The van der Waals surface area contributed by atoms with Gasteiger partial charge in [0, 0.05) is 30.1 Å². The van der Waals surface area contributed by atoms with E-state index in [9.17, 15) is 8.78 Å². The number of aromatic nitrogens is 1. The number of hydrogen-bond acceptors (Lipinski definition) is 4. The Morgan fingerprint density at radius 1 is 1.07 bits per heavy atom. The number of para-hydroxylation sites is 1. The number of rotatable bonds is 7. The summed E-state index contributed by atoms with van der Waals surface area (Å²) in [5.74, 6) is 0.688. The standard InChI is InChI=1S/C20H20F2N4OS.HI/c1-23-20(24-11-15-9-5-6-10-17(15)27-19(21)22)25-12-16-13-28-18(26-16)14-7-3-2-4-8-14;/h2-10,13,19H,11-12H2,1H3,(H2,23,24,25);1H. The van der Waals surface area contributed by atoms with Crippen LogP contribution in [0.2, 0.25) is 0 Å². The Morgan fingerprint density at radius 3 is 2.48 bits per heavy atom. The fraction of sp³-hybridized carbons (Fsp3) is 0.200. The van der Waals surface area contributed by atoms with E-state index in [0.717, 1.165) is 16.3 Å². The average Bonchev–Trinajstić information content (AvgIpc) is 3.18. The molecule has 0 bridgehead atoms. The van der Waals surface area contributed by atoms with E-state index in [0.29, 0.717) is 24.6 Å². The van der Waals surface area contributed by atoms with Crippen LogP contribution in [0.3, 0.4) is 0 Å². The second-order valence-corrected chi connectivity index (χ2v) is 6.63. The molecule has 2 aromatic carbocycles. The van der Waals surface area contributed by atoms with E-state index in [-0.39, 0.29) is 29.7 Å². The SMILES string of the molecule is CN=C(NCc1csc(-c2ccccc2)n1)NCc1ccccc1OC(F)F.I. The molecule has 5 nitrogen and oxygen atoms in total. The average molecular weight is 530 g/mol. The molecule has 0 fully saturated rings. The number of nitrogens with one attached hydrogen (secondary N) is 2. The molecule has 0 aliphatic rings. The summed E-state index contributed by atoms with van der Waals surface area (Å²) >= 11 is 1.58. The Kier molecular flexibility index (Phi) is 9.26. The maximum absolute atomic E-state index is 12.5. The van der Waals surface area contributed by atoms with Crippen LogP contribution in [0, 0.1) is 0 Å². The van der Waals surface area contributed by atoms with Gasteiger partial charge in [-0.15, -0.1) is 35.3 Å². The summed E-state index contributed by atoms with van der Waals surface area (Å²) in [5, 5.41) is 9.22. The van der Waals surface area contributed by atoms with Crippen molar-refractivity contribution >= 4 is 41.3 Å². The largest absolute Gasteiger partial charge is 0.434 e. The van der Waals surface area contributed by atoms with Crippen LogP contribution in [0.4, 0.5) is 8.78 Å². The highest BCUT2D eigenvalue weighted by Gasteiger charge is 2.10. The molecule has 0 spiro atoms. The van der Waals surface area contributed by atoms with Gasteiger partial charge in [-0.25, -0.2) is 4.98 Å². The Labute approximate surface area is 189 Å². The van der Waals surface area contributed by atoms with Gasteiger partial charge in [-0.3, -0.25) is 4.99 Å². The summed E-state index contributed by atoms with van der Waals surface area (Å²) in [6.07, 6.45) is 0. The lowest BCUT2D eigenvalue weighted by molar-refractivity contribution is -0.0504. The summed E-state index contributed by atoms with van der Waals surface area (Å²) in [6.45, 7) is -2.06. The fourth-order valence-corrected chi connectivity index (χ4v) is 3.36. The molecule has 2 N–H and O–H groups in total. The van der Waals surface area contributed by atoms with Crippen LogP contribution in [-0.2, 0) is 13.1 Å². The van der Waals surface area contributed by atoms with Crippen LogP contribution < -0.4 is 15.4 Å². The second-order valence-electron chi connectivity index (χ2n) is 5.78. The van der Waals surface area contributed by atoms with Crippen molar-refractivity contribution in [3.63, 3.8) is 0 Å². The highest BCUT2D eigenvalue weighted by molar-refractivity contribution is 14.0. The minimum Gasteiger partial charge on any atom is -0.434 e. The lowest BCUT2D eigenvalue weighted by atomic mass is 10.2. The Morgan fingerprint density at radius 2 is 1.76 bits per heavy atom. The molecule has 0 amide bonds. The molecular weight excluding hydrogens is 509 g/mol. The Bertz CT molecular complexity index is 922. The number of thiazole rings is 1. The molecule has 0 atom stereocenters. The van der Waals surface area contributed by atoms with E-state index in [4.69, 9.17) is 0 Å². The number of ether oxygens (including phenoxy) is 1. The zero-order valence-electron chi connectivity index (χ0n) is 15.6. The van der Waals surface area contributed by atoms with E-state index in [1.54, 1.807) is 36.6 Å². The summed E-state index contributed by atoms with van der Waals surface area (Å²) in [6, 6.07) is 16.6. The molecule has 3 aromatic rings. The molecule has 0 unspecified atom stereocenters. The van der Waals surface area contributed by atoms with Gasteiger partial charge in [0.25, 0.3) is 0 Å². The fourth-order valence-electron chi connectivity index (χ4n) is 2.54. The highest BCUT2D eigenvalue weighted by Crippen LogP contribution is 2.23. The number of halogens is 3. The first-order chi connectivity index (χ1) is 13.7. The normalized spacial score (nSPS) is 11.1. The van der Waals surface area contributed by atoms with E-state index in [1.807, 2.05) is 35.7 Å². The van der Waals surface area contributed by atoms with Gasteiger partial charge in [0.2, 0.25) is 0 Å². The van der Waals surface area contributed by atoms with Crippen molar-refractivity contribution in [3.05, 3.63) is 71.2 Å². The van der Waals surface area contributed by atoms with Crippen LogP contribution in [0.5, 0.6) is 5.75 Å². The van der Waals surface area contributed by atoms with Crippen LogP contribution in [0.25, 0.3) is 10.6 Å². The first kappa shape index (κ1) is 23.0. The Hall–Kier alpha value is -2.27. The van der Waals surface area contributed by atoms with E-state index < -0.39 is 6.61 Å². The number of hydrogen-bond donors (Lipinski definition) is 2. The molecule has 0 saturated heterocycles. The molecule has 0 radical (unpaired) electrons. The van der Waals surface area contributed by atoms with Crippen LogP contribution in [-0.4, -0.2) is 24.6 Å². The van der Waals surface area contributed by atoms with Gasteiger partial charge in [0.1, 0.15) is 10.8 Å². The zero-order chi connectivity index (χ0) is 19.8. The molecular formula is C20H21F2IN4OS. The summed E-state index contributed by atoms with van der Waals surface area (Å²) in [4.78, 5) is 8.78. The van der Waals surface area contributed by atoms with Crippen molar-refractivity contribution in [2.75, 3.05) is 7.05 Å².